The standard InChI is InChI=1S/C25H34F3N3O6/c1-15(2)31(16-8-10-29(14-16)23(34)35)21(32)17-12-19-20(13-18(17)25(26,27)28)37-24(3,4)22(33)30(19)9-6-7-11-36-5/h12-13,15-16H,6-11,14H2,1-5H3,(H,34,35). The lowest BCUT2D eigenvalue weighted by atomic mass is 9.97. The lowest BCUT2D eigenvalue weighted by Crippen LogP contribution is -2.53. The average Bonchev–Trinajstić information content (AvgIpc) is 3.27. The largest absolute Gasteiger partial charge is 0.476 e. The van der Waals surface area contributed by atoms with Crippen LogP contribution in [0.1, 0.15) is 62.9 Å². The molecule has 1 fully saturated rings. The highest BCUT2D eigenvalue weighted by molar-refractivity contribution is 6.05. The highest BCUT2D eigenvalue weighted by Crippen LogP contribution is 2.44. The third-order valence-corrected chi connectivity index (χ3v) is 6.65. The topological polar surface area (TPSA) is 99.6 Å². The number of carboxylic acid groups (broad SMARTS) is 1. The summed E-state index contributed by atoms with van der Waals surface area (Å²) in [4.78, 5) is 42.1. The summed E-state index contributed by atoms with van der Waals surface area (Å²) in [6.07, 6.45) is -4.55. The molecule has 1 aromatic carbocycles. The number of hydrogen-bond acceptors (Lipinski definition) is 5. The maximum Gasteiger partial charge on any atom is 0.417 e. The maximum atomic E-state index is 14.2. The highest BCUT2D eigenvalue weighted by atomic mass is 19.4. The van der Waals surface area contributed by atoms with E-state index in [1.54, 1.807) is 21.0 Å². The number of benzene rings is 1. The molecular weight excluding hydrogens is 495 g/mol. The Hall–Kier alpha value is -3.02. The zero-order chi connectivity index (χ0) is 27.7. The van der Waals surface area contributed by atoms with Crippen molar-refractivity contribution >= 4 is 23.6 Å². The minimum atomic E-state index is -4.87. The number of hydrogen-bond donors (Lipinski definition) is 1. The van der Waals surface area contributed by atoms with Gasteiger partial charge < -0.3 is 29.3 Å². The molecular formula is C25H34F3N3O6. The zero-order valence-corrected chi connectivity index (χ0v) is 21.7. The Morgan fingerprint density at radius 3 is 2.49 bits per heavy atom. The summed E-state index contributed by atoms with van der Waals surface area (Å²) in [5.41, 5.74) is -3.07. The summed E-state index contributed by atoms with van der Waals surface area (Å²) < 4.78 is 53.5. The molecule has 2 aliphatic heterocycles. The summed E-state index contributed by atoms with van der Waals surface area (Å²) in [7, 11) is 1.55. The van der Waals surface area contributed by atoms with Gasteiger partial charge in [-0.25, -0.2) is 4.79 Å². The summed E-state index contributed by atoms with van der Waals surface area (Å²) in [6.45, 7) is 7.18. The molecule has 206 valence electrons. The van der Waals surface area contributed by atoms with E-state index in [0.29, 0.717) is 25.9 Å². The number of amides is 3. The molecule has 9 nitrogen and oxygen atoms in total. The number of ether oxygens (including phenoxy) is 2. The van der Waals surface area contributed by atoms with E-state index in [9.17, 15) is 32.7 Å². The molecule has 2 heterocycles. The number of carbonyl (C=O) groups is 3. The number of unbranched alkanes of at least 4 members (excludes halogenated alkanes) is 1. The predicted molar refractivity (Wildman–Crippen MR) is 129 cm³/mol. The molecule has 2 aliphatic rings. The van der Waals surface area contributed by atoms with E-state index in [1.807, 2.05) is 0 Å². The monoisotopic (exact) mass is 529 g/mol. The third kappa shape index (κ3) is 5.94. The van der Waals surface area contributed by atoms with Gasteiger partial charge in [-0.1, -0.05) is 0 Å². The van der Waals surface area contributed by atoms with E-state index in [-0.39, 0.29) is 31.1 Å². The van der Waals surface area contributed by atoms with Crippen molar-refractivity contribution in [1.29, 1.82) is 0 Å². The van der Waals surface area contributed by atoms with E-state index in [0.717, 1.165) is 17.0 Å². The van der Waals surface area contributed by atoms with Gasteiger partial charge in [0.25, 0.3) is 11.8 Å². The van der Waals surface area contributed by atoms with Crippen LogP contribution in [0.2, 0.25) is 0 Å². The van der Waals surface area contributed by atoms with Gasteiger partial charge in [-0.05, 0) is 59.1 Å². The lowest BCUT2D eigenvalue weighted by molar-refractivity contribution is -0.138. The van der Waals surface area contributed by atoms with Crippen molar-refractivity contribution in [2.24, 2.45) is 0 Å². The Labute approximate surface area is 214 Å². The summed E-state index contributed by atoms with van der Waals surface area (Å²) in [5.74, 6) is -1.43. The Morgan fingerprint density at radius 1 is 1.27 bits per heavy atom. The van der Waals surface area contributed by atoms with Gasteiger partial charge in [-0.15, -0.1) is 0 Å². The van der Waals surface area contributed by atoms with Crippen molar-refractivity contribution in [3.63, 3.8) is 0 Å². The number of alkyl halides is 3. The van der Waals surface area contributed by atoms with Crippen LogP contribution in [0, 0.1) is 0 Å². The summed E-state index contributed by atoms with van der Waals surface area (Å²) in [5, 5.41) is 9.31. The predicted octanol–water partition coefficient (Wildman–Crippen LogP) is 4.24. The second kappa shape index (κ2) is 10.8. The number of rotatable bonds is 8. The molecule has 0 saturated carbocycles. The van der Waals surface area contributed by atoms with Crippen molar-refractivity contribution in [1.82, 2.24) is 9.80 Å². The number of halogens is 3. The fraction of sp³-hybridized carbons (Fsp3) is 0.640. The van der Waals surface area contributed by atoms with Crippen LogP contribution in [0.15, 0.2) is 12.1 Å². The Balaban J connectivity index is 2.09. The molecule has 0 bridgehead atoms. The SMILES string of the molecule is COCCCCN1C(=O)C(C)(C)Oc2cc(C(F)(F)F)c(C(=O)N(C(C)C)C3CCN(C(=O)O)C3)cc21. The first-order chi connectivity index (χ1) is 17.2. The van der Waals surface area contributed by atoms with Crippen LogP contribution in [0.4, 0.5) is 23.7 Å². The fourth-order valence-electron chi connectivity index (χ4n) is 4.87. The van der Waals surface area contributed by atoms with Crippen molar-refractivity contribution in [2.75, 3.05) is 38.3 Å². The second-order valence-electron chi connectivity index (χ2n) is 10.1. The zero-order valence-electron chi connectivity index (χ0n) is 21.7. The molecule has 0 radical (unpaired) electrons. The van der Waals surface area contributed by atoms with Crippen LogP contribution < -0.4 is 9.64 Å². The van der Waals surface area contributed by atoms with Gasteiger partial charge >= 0.3 is 12.3 Å². The Morgan fingerprint density at radius 2 is 1.95 bits per heavy atom. The van der Waals surface area contributed by atoms with E-state index in [1.165, 1.54) is 23.6 Å². The summed E-state index contributed by atoms with van der Waals surface area (Å²) in [6, 6.07) is 0.798. The van der Waals surface area contributed by atoms with Gasteiger partial charge in [0.05, 0.1) is 22.9 Å². The first-order valence-electron chi connectivity index (χ1n) is 12.2. The third-order valence-electron chi connectivity index (χ3n) is 6.65. The van der Waals surface area contributed by atoms with Crippen LogP contribution in [-0.2, 0) is 15.7 Å². The normalized spacial score (nSPS) is 19.2. The van der Waals surface area contributed by atoms with E-state index < -0.39 is 52.9 Å². The number of nitrogens with zero attached hydrogens (tertiary/aromatic N) is 3. The number of methoxy groups -OCH3 is 1. The molecule has 3 amide bonds. The van der Waals surface area contributed by atoms with Crippen LogP contribution in [-0.4, -0.2) is 83.8 Å². The van der Waals surface area contributed by atoms with Gasteiger partial charge in [0.1, 0.15) is 5.75 Å². The molecule has 0 aromatic heterocycles. The van der Waals surface area contributed by atoms with Crippen LogP contribution in [0.25, 0.3) is 0 Å². The first kappa shape index (κ1) is 28.5. The smallest absolute Gasteiger partial charge is 0.417 e. The number of likely N-dealkylation sites (tertiary alicyclic amines) is 1. The number of carbonyl (C=O) groups excluding carboxylic acids is 2. The van der Waals surface area contributed by atoms with Gasteiger partial charge in [0.15, 0.2) is 5.60 Å². The summed E-state index contributed by atoms with van der Waals surface area (Å²) >= 11 is 0. The minimum Gasteiger partial charge on any atom is -0.476 e. The maximum absolute atomic E-state index is 14.2. The number of fused-ring (bicyclic) bond motifs is 1. The van der Waals surface area contributed by atoms with Gasteiger partial charge in [0.2, 0.25) is 0 Å². The van der Waals surface area contributed by atoms with E-state index in [4.69, 9.17) is 9.47 Å². The highest BCUT2D eigenvalue weighted by Gasteiger charge is 2.45. The quantitative estimate of drug-likeness (QED) is 0.506. The minimum absolute atomic E-state index is 0.00690. The van der Waals surface area contributed by atoms with Crippen LogP contribution in [0.3, 0.4) is 0 Å². The fourth-order valence-corrected chi connectivity index (χ4v) is 4.87. The average molecular weight is 530 g/mol. The molecule has 12 heteroatoms. The molecule has 37 heavy (non-hydrogen) atoms. The molecule has 1 N–H and O–H groups in total. The van der Waals surface area contributed by atoms with Gasteiger partial charge in [0, 0.05) is 39.4 Å². The molecule has 1 aromatic rings. The molecule has 0 aliphatic carbocycles. The van der Waals surface area contributed by atoms with E-state index >= 15 is 0 Å². The molecule has 1 saturated heterocycles. The number of anilines is 1. The van der Waals surface area contributed by atoms with E-state index in [2.05, 4.69) is 0 Å². The van der Waals surface area contributed by atoms with Crippen molar-refractivity contribution in [2.45, 2.75) is 70.8 Å². The Bertz CT molecular complexity index is 1040. The van der Waals surface area contributed by atoms with Crippen molar-refractivity contribution in [3.05, 3.63) is 23.3 Å². The van der Waals surface area contributed by atoms with Crippen molar-refractivity contribution < 1.29 is 42.1 Å². The molecule has 1 atom stereocenters. The van der Waals surface area contributed by atoms with Crippen LogP contribution in [0.5, 0.6) is 5.75 Å². The van der Waals surface area contributed by atoms with Crippen LogP contribution >= 0.6 is 0 Å². The van der Waals surface area contributed by atoms with Gasteiger partial charge in [-0.3, -0.25) is 9.59 Å². The molecule has 1 unspecified atom stereocenters. The second-order valence-corrected chi connectivity index (χ2v) is 10.1. The van der Waals surface area contributed by atoms with Crippen molar-refractivity contribution in [3.8, 4) is 5.75 Å². The Kier molecular flexibility index (Phi) is 8.31. The first-order valence-corrected chi connectivity index (χ1v) is 12.2. The molecule has 0 spiro atoms. The molecule has 3 rings (SSSR count). The lowest BCUT2D eigenvalue weighted by Gasteiger charge is -2.40. The van der Waals surface area contributed by atoms with Gasteiger partial charge in [-0.2, -0.15) is 13.2 Å².